The predicted molar refractivity (Wildman–Crippen MR) is 275 cm³/mol. The molecule has 7 rings (SSSR count). The molecule has 0 aromatic carbocycles. The molecule has 4 amide bonds. The molecule has 14 heteroatoms. The van der Waals surface area contributed by atoms with Crippen molar-refractivity contribution < 1.29 is 39.4 Å². The molecule has 0 bridgehead atoms. The Kier molecular flexibility index (Phi) is 47.2. The quantitative estimate of drug-likeness (QED) is 0.0874. The van der Waals surface area contributed by atoms with E-state index in [0.29, 0.717) is 0 Å². The van der Waals surface area contributed by atoms with Crippen molar-refractivity contribution in [2.24, 2.45) is 17.4 Å². The van der Waals surface area contributed by atoms with E-state index in [4.69, 9.17) is 27.1 Å². The van der Waals surface area contributed by atoms with Crippen molar-refractivity contribution >= 4 is 12.1 Å². The molecule has 0 spiro atoms. The third-order valence-electron chi connectivity index (χ3n) is 9.14. The number of nitrogens with zero attached hydrogens (tertiary/aromatic N) is 7. The summed E-state index contributed by atoms with van der Waals surface area (Å²) in [6.45, 7) is 24.6. The third-order valence-corrected chi connectivity index (χ3v) is 9.14. The van der Waals surface area contributed by atoms with Crippen LogP contribution in [0.2, 0.25) is 0 Å². The van der Waals surface area contributed by atoms with Crippen LogP contribution in [0.4, 0.5) is 9.59 Å². The first-order valence-corrected chi connectivity index (χ1v) is 24.6. The Hall–Kier alpha value is -6.31. The fourth-order valence-electron chi connectivity index (χ4n) is 5.40. The number of nitrogens with two attached hydrogens (primary N) is 2. The van der Waals surface area contributed by atoms with Crippen molar-refractivity contribution in [1.82, 2.24) is 19.8 Å². The molecule has 7 heterocycles. The summed E-state index contributed by atoms with van der Waals surface area (Å²) in [5.74, 6) is 0.811. The van der Waals surface area contributed by atoms with E-state index in [0.717, 1.165) is 96.8 Å². The Balaban J connectivity index is -0.000000707. The van der Waals surface area contributed by atoms with Gasteiger partial charge in [0.1, 0.15) is 0 Å². The fraction of sp³-hybridized carbons (Fsp3) is 0.500. The van der Waals surface area contributed by atoms with Crippen molar-refractivity contribution in [3.8, 4) is 0 Å². The van der Waals surface area contributed by atoms with Gasteiger partial charge in [-0.3, -0.25) is 25.6 Å². The van der Waals surface area contributed by atoms with E-state index < -0.39 is 0 Å². The Morgan fingerprint density at radius 1 is 0.500 bits per heavy atom. The zero-order valence-electron chi connectivity index (χ0n) is 43.5. The van der Waals surface area contributed by atoms with E-state index in [1.54, 1.807) is 71.5 Å². The lowest BCUT2D eigenvalue weighted by atomic mass is 9.95. The Morgan fingerprint density at radius 3 is 1.21 bits per heavy atom. The van der Waals surface area contributed by atoms with Crippen LogP contribution < -0.4 is 25.7 Å². The molecule has 0 saturated carbocycles. The highest BCUT2D eigenvalue weighted by Crippen LogP contribution is 2.19. The van der Waals surface area contributed by atoms with Gasteiger partial charge in [-0.25, -0.2) is 9.59 Å². The Labute approximate surface area is 411 Å². The molecule has 14 nitrogen and oxygen atoms in total. The van der Waals surface area contributed by atoms with Gasteiger partial charge in [0.05, 0.1) is 0 Å². The number of aromatic nitrogens is 5. The van der Waals surface area contributed by atoms with Gasteiger partial charge in [0.2, 0.25) is 37.2 Å². The van der Waals surface area contributed by atoms with Crippen LogP contribution in [-0.4, -0.2) is 73.6 Å². The Bertz CT molecular complexity index is 1770. The van der Waals surface area contributed by atoms with Gasteiger partial charge in [-0.2, -0.15) is 0 Å². The van der Waals surface area contributed by atoms with Gasteiger partial charge < -0.3 is 21.3 Å². The normalized spacial score (nSPS) is 11.9. The second kappa shape index (κ2) is 48.6. The van der Waals surface area contributed by atoms with Crippen molar-refractivity contribution in [3.63, 3.8) is 0 Å². The molecular formula is C54H92N9O5+3. The van der Waals surface area contributed by atoms with Crippen LogP contribution in [0.1, 0.15) is 144 Å². The number of pyridine rings is 5. The van der Waals surface area contributed by atoms with Gasteiger partial charge in [0.25, 0.3) is 0 Å². The van der Waals surface area contributed by atoms with Crippen molar-refractivity contribution in [3.05, 3.63) is 151 Å². The van der Waals surface area contributed by atoms with Crippen LogP contribution in [0, 0.1) is 5.92 Å². The molecule has 2 fully saturated rings. The lowest BCUT2D eigenvalue weighted by molar-refractivity contribution is -0.905. The number of carbonyl (C=O) groups is 2. The van der Waals surface area contributed by atoms with Gasteiger partial charge in [0.15, 0.2) is 0 Å². The number of hydrogen-bond acceptors (Lipinski definition) is 7. The minimum Gasteiger partial charge on any atom is -0.351 e. The van der Waals surface area contributed by atoms with Crippen LogP contribution in [0.15, 0.2) is 135 Å². The standard InChI is InChI=1S/C8H16N2O.2C7H10NO.C7H9N.C6H12N2O.C5H6NO.C5H5N.3C3H8/c1-2-7-3-5-10(6-4-7)8(9)11;1-2-7-3-5-8(9)6-4-7;1-2-7-4-3-5-8(9)6-7;1-2-7-3-5-8-6-4-7;7-6(9)8-4-2-1-3-5-8;7-6-4-2-1-3-5-6;1-2-4-6-5-3-1;3*1-3-2/h7H,2-6H2,1H3,(H2,9,11);2*3-6,9H,2H2,1H3;3-6H,2H2,1H3;1-5H2,(H2,7,9);1-5,7H;1-5H;3*3H2,1-2H3/q;2*+1;;;+1;;;;. The lowest BCUT2D eigenvalue weighted by Crippen LogP contribution is -2.41. The minimum absolute atomic E-state index is 0.264. The average molecular weight is 947 g/mol. The molecule has 0 radical (unpaired) electrons. The average Bonchev–Trinajstić information content (AvgIpc) is 3.37. The van der Waals surface area contributed by atoms with Crippen molar-refractivity contribution in [2.45, 2.75) is 146 Å². The predicted octanol–water partition coefficient (Wildman–Crippen LogP) is 10.5. The monoisotopic (exact) mass is 947 g/mol. The molecule has 0 unspecified atom stereocenters. The molecule has 5 aromatic rings. The highest BCUT2D eigenvalue weighted by Gasteiger charge is 2.19. The molecular weight excluding hydrogens is 855 g/mol. The number of likely N-dealkylation sites (tertiary alicyclic amines) is 2. The van der Waals surface area contributed by atoms with Crippen LogP contribution in [0.3, 0.4) is 0 Å². The molecule has 2 aliphatic rings. The van der Waals surface area contributed by atoms with Crippen LogP contribution in [-0.2, 0) is 19.3 Å². The number of hydrogen-bond donors (Lipinski definition) is 5. The molecule has 2 saturated heterocycles. The topological polar surface area (TPSA) is 191 Å². The molecule has 7 N–H and O–H groups in total. The molecule has 0 aliphatic carbocycles. The maximum atomic E-state index is 10.7. The molecule has 5 aromatic heterocycles. The second-order valence-corrected chi connectivity index (χ2v) is 15.6. The summed E-state index contributed by atoms with van der Waals surface area (Å²) in [6, 6.07) is 22.2. The van der Waals surface area contributed by atoms with Crippen molar-refractivity contribution in [1.29, 1.82) is 0 Å². The summed E-state index contributed by atoms with van der Waals surface area (Å²) in [5.41, 5.74) is 13.9. The minimum atomic E-state index is -0.269. The summed E-state index contributed by atoms with van der Waals surface area (Å²) in [4.78, 5) is 32.3. The maximum absolute atomic E-state index is 10.7. The first-order valence-electron chi connectivity index (χ1n) is 24.6. The summed E-state index contributed by atoms with van der Waals surface area (Å²) in [6.07, 6.45) is 30.6. The highest BCUT2D eigenvalue weighted by atomic mass is 16.5. The summed E-state index contributed by atoms with van der Waals surface area (Å²) >= 11 is 0. The van der Waals surface area contributed by atoms with E-state index in [2.05, 4.69) is 79.2 Å². The van der Waals surface area contributed by atoms with Crippen LogP contribution in [0.25, 0.3) is 0 Å². The first-order chi connectivity index (χ1) is 32.8. The summed E-state index contributed by atoms with van der Waals surface area (Å²) < 4.78 is 3.11. The zero-order valence-corrected chi connectivity index (χ0v) is 43.5. The largest absolute Gasteiger partial charge is 0.351 e. The van der Waals surface area contributed by atoms with E-state index in [-0.39, 0.29) is 12.1 Å². The van der Waals surface area contributed by atoms with Gasteiger partial charge in [-0.1, -0.05) is 107 Å². The fourth-order valence-corrected chi connectivity index (χ4v) is 5.40. The third kappa shape index (κ3) is 42.3. The van der Waals surface area contributed by atoms with E-state index in [9.17, 15) is 9.59 Å². The highest BCUT2D eigenvalue weighted by molar-refractivity contribution is 5.72. The maximum Gasteiger partial charge on any atom is 0.314 e. The smallest absolute Gasteiger partial charge is 0.314 e. The number of piperidine rings is 2. The zero-order chi connectivity index (χ0) is 51.6. The van der Waals surface area contributed by atoms with Gasteiger partial charge >= 0.3 is 12.1 Å². The lowest BCUT2D eigenvalue weighted by Gasteiger charge is -2.29. The number of rotatable bonds is 4. The number of primary amides is 2. The number of aryl methyl sites for hydroxylation is 3. The SMILES string of the molecule is CCC.CCC.CCC.CCC1CCN(C(N)=O)CC1.CCc1cc[n+](O)cc1.CCc1ccc[n+](O)c1.CCc1ccncc1.NC(=O)N1CCCCC1.O[n+]1ccccc1.c1ccncc1. The Morgan fingerprint density at radius 2 is 0.897 bits per heavy atom. The first kappa shape index (κ1) is 66.0. The molecule has 68 heavy (non-hydrogen) atoms. The summed E-state index contributed by atoms with van der Waals surface area (Å²) in [5, 5.41) is 26.2. The van der Waals surface area contributed by atoms with E-state index in [1.807, 2.05) is 73.1 Å². The van der Waals surface area contributed by atoms with E-state index >= 15 is 0 Å². The van der Waals surface area contributed by atoms with Crippen LogP contribution >= 0.6 is 0 Å². The molecule has 0 atom stereocenters. The number of carbonyl (C=O) groups excluding carboxylic acids is 2. The van der Waals surface area contributed by atoms with E-state index in [1.165, 1.54) is 43.2 Å². The molecule has 380 valence electrons. The van der Waals surface area contributed by atoms with Gasteiger partial charge in [0, 0.05) is 101 Å². The van der Waals surface area contributed by atoms with Gasteiger partial charge in [-0.05, 0) is 98.7 Å². The number of amides is 4. The number of urea groups is 2. The summed E-state index contributed by atoms with van der Waals surface area (Å²) in [7, 11) is 0. The van der Waals surface area contributed by atoms with Crippen LogP contribution in [0.5, 0.6) is 0 Å². The molecule has 2 aliphatic heterocycles. The van der Waals surface area contributed by atoms with Gasteiger partial charge in [-0.15, -0.1) is 0 Å². The van der Waals surface area contributed by atoms with Crippen molar-refractivity contribution in [2.75, 3.05) is 26.2 Å². The second-order valence-electron chi connectivity index (χ2n) is 15.6.